The molecule has 1 aliphatic carbocycles. The number of hydrogen-bond acceptors (Lipinski definition) is 6. The summed E-state index contributed by atoms with van der Waals surface area (Å²) in [6.07, 6.45) is -1.79. The van der Waals surface area contributed by atoms with Crippen molar-refractivity contribution < 1.29 is 24.9 Å². The average molecular weight is 489 g/mol. The SMILES string of the molecule is O=C(NCC(O)C(O)c1ccc(C2(O)CCNCC2)cc1)OCC1c2ccccc2-c2ccccc21. The molecule has 1 aliphatic heterocycles. The molecule has 0 saturated carbocycles. The minimum atomic E-state index is -1.21. The van der Waals surface area contributed by atoms with Crippen LogP contribution in [0.2, 0.25) is 0 Å². The first kappa shape index (κ1) is 24.5. The molecule has 2 unspecified atom stereocenters. The molecule has 1 amide bonds. The van der Waals surface area contributed by atoms with E-state index in [1.54, 1.807) is 24.3 Å². The van der Waals surface area contributed by atoms with Crippen LogP contribution in [0.5, 0.6) is 0 Å². The number of fused-ring (bicyclic) bond motifs is 3. The number of aliphatic hydroxyl groups excluding tert-OH is 2. The van der Waals surface area contributed by atoms with Crippen LogP contribution in [-0.2, 0) is 10.3 Å². The third kappa shape index (κ3) is 4.88. The number of ether oxygens (including phenoxy) is 1. The van der Waals surface area contributed by atoms with E-state index in [2.05, 4.69) is 34.9 Å². The first-order chi connectivity index (χ1) is 17.5. The van der Waals surface area contributed by atoms with Gasteiger partial charge in [0.1, 0.15) is 18.8 Å². The molecule has 188 valence electrons. The molecule has 0 bridgehead atoms. The zero-order chi connectivity index (χ0) is 25.1. The largest absolute Gasteiger partial charge is 0.449 e. The number of carbonyl (C=O) groups is 1. The van der Waals surface area contributed by atoms with Gasteiger partial charge in [0.25, 0.3) is 0 Å². The van der Waals surface area contributed by atoms with Crippen LogP contribution in [0.15, 0.2) is 72.8 Å². The second-order valence-electron chi connectivity index (χ2n) is 9.62. The summed E-state index contributed by atoms with van der Waals surface area (Å²) in [4.78, 5) is 12.4. The topological polar surface area (TPSA) is 111 Å². The van der Waals surface area contributed by atoms with E-state index >= 15 is 0 Å². The number of amides is 1. The van der Waals surface area contributed by atoms with E-state index in [1.807, 2.05) is 24.3 Å². The fraction of sp³-hybridized carbons (Fsp3) is 0.345. The van der Waals surface area contributed by atoms with Gasteiger partial charge in [-0.05, 0) is 59.3 Å². The number of benzene rings is 3. The number of alkyl carbamates (subject to hydrolysis) is 1. The number of aliphatic hydroxyl groups is 3. The summed E-state index contributed by atoms with van der Waals surface area (Å²) < 4.78 is 5.49. The maximum absolute atomic E-state index is 12.4. The molecule has 5 rings (SSSR count). The number of nitrogens with one attached hydrogen (secondary N) is 2. The molecular formula is C29H32N2O5. The monoisotopic (exact) mass is 488 g/mol. The zero-order valence-electron chi connectivity index (χ0n) is 20.1. The summed E-state index contributed by atoms with van der Waals surface area (Å²) in [6.45, 7) is 1.52. The molecular weight excluding hydrogens is 456 g/mol. The Labute approximate surface area is 210 Å². The fourth-order valence-electron chi connectivity index (χ4n) is 5.29. The first-order valence-corrected chi connectivity index (χ1v) is 12.4. The Morgan fingerprint density at radius 2 is 1.53 bits per heavy atom. The maximum atomic E-state index is 12.4. The van der Waals surface area contributed by atoms with Gasteiger partial charge in [0.15, 0.2) is 0 Å². The van der Waals surface area contributed by atoms with Crippen LogP contribution in [0.25, 0.3) is 11.1 Å². The van der Waals surface area contributed by atoms with E-state index < -0.39 is 23.9 Å². The third-order valence-electron chi connectivity index (χ3n) is 7.38. The third-order valence-corrected chi connectivity index (χ3v) is 7.38. The van der Waals surface area contributed by atoms with Crippen LogP contribution in [0, 0.1) is 0 Å². The molecule has 7 nitrogen and oxygen atoms in total. The minimum absolute atomic E-state index is 0.0491. The van der Waals surface area contributed by atoms with Crippen LogP contribution in [0.1, 0.15) is 47.1 Å². The lowest BCUT2D eigenvalue weighted by Crippen LogP contribution is -2.39. The van der Waals surface area contributed by atoms with Crippen molar-refractivity contribution in [3.8, 4) is 11.1 Å². The summed E-state index contributed by atoms with van der Waals surface area (Å²) in [7, 11) is 0. The molecule has 1 fully saturated rings. The van der Waals surface area contributed by atoms with E-state index in [-0.39, 0.29) is 19.1 Å². The van der Waals surface area contributed by atoms with Crippen LogP contribution in [-0.4, -0.2) is 53.8 Å². The highest BCUT2D eigenvalue weighted by Gasteiger charge is 2.32. The van der Waals surface area contributed by atoms with Crippen molar-refractivity contribution in [3.63, 3.8) is 0 Å². The normalized spacial score (nSPS) is 18.1. The summed E-state index contributed by atoms with van der Waals surface area (Å²) >= 11 is 0. The summed E-state index contributed by atoms with van der Waals surface area (Å²) in [5, 5.41) is 37.7. The van der Waals surface area contributed by atoms with Gasteiger partial charge in [0.2, 0.25) is 0 Å². The second kappa shape index (κ2) is 10.4. The summed E-state index contributed by atoms with van der Waals surface area (Å²) in [6, 6.07) is 23.2. The second-order valence-corrected chi connectivity index (χ2v) is 9.62. The standard InChI is InChI=1S/C29H32N2O5/c32-26(27(33)19-9-11-20(12-10-19)29(35)13-15-30-16-14-29)17-31-28(34)36-18-25-23-7-3-1-5-21(23)22-6-2-4-8-24(22)25/h1-12,25-27,30,32-33,35H,13-18H2,(H,31,34). The van der Waals surface area contributed by atoms with Crippen molar-refractivity contribution in [1.29, 1.82) is 0 Å². The molecule has 2 atom stereocenters. The Hall–Kier alpha value is -3.23. The van der Waals surface area contributed by atoms with E-state index in [4.69, 9.17) is 4.74 Å². The number of carbonyl (C=O) groups excluding carboxylic acids is 1. The van der Waals surface area contributed by atoms with Crippen molar-refractivity contribution in [2.24, 2.45) is 0 Å². The quantitative estimate of drug-likeness (QED) is 0.349. The lowest BCUT2D eigenvalue weighted by atomic mass is 9.84. The molecule has 0 radical (unpaired) electrons. The fourth-order valence-corrected chi connectivity index (χ4v) is 5.29. The van der Waals surface area contributed by atoms with E-state index in [9.17, 15) is 20.1 Å². The Morgan fingerprint density at radius 1 is 0.944 bits per heavy atom. The Kier molecular flexibility index (Phi) is 7.07. The highest BCUT2D eigenvalue weighted by Crippen LogP contribution is 2.44. The highest BCUT2D eigenvalue weighted by molar-refractivity contribution is 5.79. The number of piperidine rings is 1. The molecule has 1 saturated heterocycles. The molecule has 3 aromatic carbocycles. The smallest absolute Gasteiger partial charge is 0.407 e. The van der Waals surface area contributed by atoms with Gasteiger partial charge >= 0.3 is 6.09 Å². The van der Waals surface area contributed by atoms with Crippen LogP contribution < -0.4 is 10.6 Å². The summed E-state index contributed by atoms with van der Waals surface area (Å²) in [5.74, 6) is -0.0491. The lowest BCUT2D eigenvalue weighted by molar-refractivity contribution is 0.00543. The van der Waals surface area contributed by atoms with Crippen LogP contribution in [0.4, 0.5) is 4.79 Å². The van der Waals surface area contributed by atoms with Gasteiger partial charge in [-0.2, -0.15) is 0 Å². The van der Waals surface area contributed by atoms with Gasteiger partial charge in [0, 0.05) is 12.5 Å². The average Bonchev–Trinajstić information content (AvgIpc) is 3.24. The predicted molar refractivity (Wildman–Crippen MR) is 136 cm³/mol. The van der Waals surface area contributed by atoms with E-state index in [0.29, 0.717) is 18.4 Å². The molecule has 3 aromatic rings. The van der Waals surface area contributed by atoms with Crippen LogP contribution in [0.3, 0.4) is 0 Å². The maximum Gasteiger partial charge on any atom is 0.407 e. The Morgan fingerprint density at radius 3 is 2.14 bits per heavy atom. The lowest BCUT2D eigenvalue weighted by Gasteiger charge is -2.33. The first-order valence-electron chi connectivity index (χ1n) is 12.4. The van der Waals surface area contributed by atoms with Crippen molar-refractivity contribution >= 4 is 6.09 Å². The predicted octanol–water partition coefficient (Wildman–Crippen LogP) is 3.19. The molecule has 5 N–H and O–H groups in total. The van der Waals surface area contributed by atoms with Gasteiger partial charge in [-0.3, -0.25) is 0 Å². The molecule has 7 heteroatoms. The highest BCUT2D eigenvalue weighted by atomic mass is 16.5. The van der Waals surface area contributed by atoms with Crippen LogP contribution >= 0.6 is 0 Å². The van der Waals surface area contributed by atoms with Gasteiger partial charge < -0.3 is 30.7 Å². The molecule has 36 heavy (non-hydrogen) atoms. The Balaban J connectivity index is 1.14. The van der Waals surface area contributed by atoms with Gasteiger partial charge in [-0.15, -0.1) is 0 Å². The van der Waals surface area contributed by atoms with Gasteiger partial charge in [0.05, 0.1) is 5.60 Å². The van der Waals surface area contributed by atoms with E-state index in [0.717, 1.165) is 40.9 Å². The molecule has 0 aromatic heterocycles. The number of rotatable bonds is 7. The van der Waals surface area contributed by atoms with Crippen molar-refractivity contribution in [1.82, 2.24) is 10.6 Å². The molecule has 2 aliphatic rings. The van der Waals surface area contributed by atoms with Crippen molar-refractivity contribution in [3.05, 3.63) is 95.1 Å². The zero-order valence-corrected chi connectivity index (χ0v) is 20.1. The summed E-state index contributed by atoms with van der Waals surface area (Å²) in [5.41, 5.74) is 4.99. The minimum Gasteiger partial charge on any atom is -0.449 e. The number of hydrogen-bond donors (Lipinski definition) is 5. The Bertz CT molecular complexity index is 1160. The van der Waals surface area contributed by atoms with Gasteiger partial charge in [-0.1, -0.05) is 72.8 Å². The van der Waals surface area contributed by atoms with E-state index in [1.165, 1.54) is 0 Å². The molecule has 1 heterocycles. The van der Waals surface area contributed by atoms with Gasteiger partial charge in [-0.25, -0.2) is 4.79 Å². The van der Waals surface area contributed by atoms with Crippen molar-refractivity contribution in [2.75, 3.05) is 26.2 Å². The molecule has 0 spiro atoms. The van der Waals surface area contributed by atoms with Crippen molar-refractivity contribution in [2.45, 2.75) is 36.6 Å².